The van der Waals surface area contributed by atoms with Gasteiger partial charge >= 0.3 is 5.97 Å². The highest BCUT2D eigenvalue weighted by Crippen LogP contribution is 2.21. The summed E-state index contributed by atoms with van der Waals surface area (Å²) in [6, 6.07) is 15.4. The van der Waals surface area contributed by atoms with Crippen molar-refractivity contribution in [2.75, 3.05) is 11.9 Å². The third kappa shape index (κ3) is 3.92. The lowest BCUT2D eigenvalue weighted by molar-refractivity contribution is 0.0527. The van der Waals surface area contributed by atoms with Crippen LogP contribution in [0.3, 0.4) is 0 Å². The number of hydrogen-bond acceptors (Lipinski definition) is 4. The zero-order valence-corrected chi connectivity index (χ0v) is 14.7. The monoisotopic (exact) mass is 369 g/mol. The van der Waals surface area contributed by atoms with Gasteiger partial charge < -0.3 is 10.1 Å². The number of carbonyl (C=O) groups is 2. The number of amides is 1. The fourth-order valence-corrected chi connectivity index (χ4v) is 2.50. The second kappa shape index (κ2) is 7.84. The molecule has 26 heavy (non-hydrogen) atoms. The Bertz CT molecular complexity index is 935. The number of aromatic amines is 1. The molecule has 0 saturated carbocycles. The van der Waals surface area contributed by atoms with Crippen molar-refractivity contribution in [1.82, 2.24) is 10.2 Å². The Balaban J connectivity index is 1.79. The number of ether oxygens (including phenoxy) is 1. The lowest BCUT2D eigenvalue weighted by Crippen LogP contribution is -2.16. The number of rotatable bonds is 5. The van der Waals surface area contributed by atoms with E-state index in [1.54, 1.807) is 49.4 Å². The second-order valence-electron chi connectivity index (χ2n) is 5.39. The summed E-state index contributed by atoms with van der Waals surface area (Å²) in [4.78, 5) is 24.5. The second-order valence-corrected chi connectivity index (χ2v) is 5.83. The van der Waals surface area contributed by atoms with Crippen LogP contribution in [0.25, 0.3) is 11.3 Å². The van der Waals surface area contributed by atoms with Gasteiger partial charge in [0.15, 0.2) is 0 Å². The van der Waals surface area contributed by atoms with Crippen LogP contribution in [-0.4, -0.2) is 28.7 Å². The quantitative estimate of drug-likeness (QED) is 0.661. The van der Waals surface area contributed by atoms with Gasteiger partial charge in [-0.1, -0.05) is 35.9 Å². The van der Waals surface area contributed by atoms with Gasteiger partial charge in [0.1, 0.15) is 5.69 Å². The molecule has 3 rings (SSSR count). The maximum atomic E-state index is 12.5. The molecule has 2 aromatic carbocycles. The average molecular weight is 370 g/mol. The number of nitrogens with zero attached hydrogens (tertiary/aromatic N) is 1. The van der Waals surface area contributed by atoms with Crippen molar-refractivity contribution in [2.24, 2.45) is 0 Å². The summed E-state index contributed by atoms with van der Waals surface area (Å²) >= 11 is 5.88. The van der Waals surface area contributed by atoms with Gasteiger partial charge in [-0.05, 0) is 37.3 Å². The van der Waals surface area contributed by atoms with Gasteiger partial charge in [-0.25, -0.2) is 4.79 Å². The molecule has 0 aliphatic rings. The summed E-state index contributed by atoms with van der Waals surface area (Å²) < 4.78 is 5.01. The van der Waals surface area contributed by atoms with E-state index in [2.05, 4.69) is 15.5 Å². The highest BCUT2D eigenvalue weighted by molar-refractivity contribution is 6.30. The van der Waals surface area contributed by atoms with Crippen LogP contribution in [0.15, 0.2) is 54.6 Å². The number of halogens is 1. The predicted molar refractivity (Wildman–Crippen MR) is 99.4 cm³/mol. The van der Waals surface area contributed by atoms with Crippen LogP contribution in [0, 0.1) is 0 Å². The lowest BCUT2D eigenvalue weighted by Gasteiger charge is -2.09. The fourth-order valence-electron chi connectivity index (χ4n) is 2.38. The van der Waals surface area contributed by atoms with Crippen molar-refractivity contribution in [2.45, 2.75) is 6.92 Å². The molecule has 0 saturated heterocycles. The summed E-state index contributed by atoms with van der Waals surface area (Å²) in [5.41, 5.74) is 2.38. The molecular formula is C19H16ClN3O3. The molecule has 6 nitrogen and oxygen atoms in total. The standard InChI is InChI=1S/C19H16ClN3O3/c1-2-26-19(25)14-5-3-4-6-15(14)21-18(24)17-11-16(22-23-17)12-7-9-13(20)10-8-12/h3-11H,2H2,1H3,(H,21,24)(H,22,23). The Morgan fingerprint density at radius 3 is 2.62 bits per heavy atom. The minimum absolute atomic E-state index is 0.256. The van der Waals surface area contributed by atoms with Crippen molar-refractivity contribution >= 4 is 29.2 Å². The molecule has 7 heteroatoms. The summed E-state index contributed by atoms with van der Waals surface area (Å²) in [6.07, 6.45) is 0. The Kier molecular flexibility index (Phi) is 5.34. The molecule has 0 atom stereocenters. The van der Waals surface area contributed by atoms with Gasteiger partial charge in [0, 0.05) is 10.6 Å². The number of anilines is 1. The van der Waals surface area contributed by atoms with Crippen LogP contribution in [0.2, 0.25) is 5.02 Å². The van der Waals surface area contributed by atoms with Crippen LogP contribution in [0.5, 0.6) is 0 Å². The Hall–Kier alpha value is -3.12. The van der Waals surface area contributed by atoms with E-state index in [4.69, 9.17) is 16.3 Å². The summed E-state index contributed by atoms with van der Waals surface area (Å²) in [7, 11) is 0. The van der Waals surface area contributed by atoms with Crippen molar-refractivity contribution in [3.05, 3.63) is 70.9 Å². The molecule has 0 aliphatic carbocycles. The number of nitrogens with one attached hydrogen (secondary N) is 2. The molecule has 3 aromatic rings. The molecule has 2 N–H and O–H groups in total. The van der Waals surface area contributed by atoms with Gasteiger partial charge in [0.25, 0.3) is 5.91 Å². The van der Waals surface area contributed by atoms with Gasteiger partial charge in [-0.2, -0.15) is 5.10 Å². The van der Waals surface area contributed by atoms with Crippen molar-refractivity contribution in [3.63, 3.8) is 0 Å². The Morgan fingerprint density at radius 1 is 1.15 bits per heavy atom. The molecule has 0 spiro atoms. The molecule has 1 aromatic heterocycles. The number of esters is 1. The molecule has 0 bridgehead atoms. The molecular weight excluding hydrogens is 354 g/mol. The SMILES string of the molecule is CCOC(=O)c1ccccc1NC(=O)c1cc(-c2ccc(Cl)cc2)n[nH]1. The van der Waals surface area contributed by atoms with Crippen LogP contribution < -0.4 is 5.32 Å². The fraction of sp³-hybridized carbons (Fsp3) is 0.105. The maximum Gasteiger partial charge on any atom is 0.340 e. The molecule has 0 radical (unpaired) electrons. The number of carbonyl (C=O) groups excluding carboxylic acids is 2. The largest absolute Gasteiger partial charge is 0.462 e. The molecule has 0 fully saturated rings. The summed E-state index contributed by atoms with van der Waals surface area (Å²) in [5, 5.41) is 10.2. The molecule has 1 heterocycles. The van der Waals surface area contributed by atoms with Gasteiger partial charge in [0.05, 0.1) is 23.6 Å². The van der Waals surface area contributed by atoms with Gasteiger partial charge in [0.2, 0.25) is 0 Å². The highest BCUT2D eigenvalue weighted by atomic mass is 35.5. The number of hydrogen-bond donors (Lipinski definition) is 2. The molecule has 132 valence electrons. The molecule has 0 unspecified atom stereocenters. The van der Waals surface area contributed by atoms with Crippen molar-refractivity contribution < 1.29 is 14.3 Å². The Labute approximate surface area is 155 Å². The van der Waals surface area contributed by atoms with E-state index in [1.807, 2.05) is 12.1 Å². The molecule has 1 amide bonds. The highest BCUT2D eigenvalue weighted by Gasteiger charge is 2.16. The number of benzene rings is 2. The first kappa shape index (κ1) is 17.7. The number of aromatic nitrogens is 2. The van der Waals surface area contributed by atoms with E-state index in [0.29, 0.717) is 22.0 Å². The first-order valence-electron chi connectivity index (χ1n) is 7.97. The Morgan fingerprint density at radius 2 is 1.88 bits per heavy atom. The maximum absolute atomic E-state index is 12.5. The normalized spacial score (nSPS) is 10.4. The van der Waals surface area contributed by atoms with E-state index in [-0.39, 0.29) is 12.3 Å². The minimum atomic E-state index is -0.491. The topological polar surface area (TPSA) is 84.1 Å². The lowest BCUT2D eigenvalue weighted by atomic mass is 10.1. The number of H-pyrrole nitrogens is 1. The zero-order valence-electron chi connectivity index (χ0n) is 14.0. The van der Waals surface area contributed by atoms with Crippen molar-refractivity contribution in [1.29, 1.82) is 0 Å². The van der Waals surface area contributed by atoms with E-state index in [0.717, 1.165) is 5.56 Å². The van der Waals surface area contributed by atoms with Crippen LogP contribution >= 0.6 is 11.6 Å². The number of para-hydroxylation sites is 1. The van der Waals surface area contributed by atoms with Crippen LogP contribution in [-0.2, 0) is 4.74 Å². The van der Waals surface area contributed by atoms with E-state index in [1.165, 1.54) is 0 Å². The van der Waals surface area contributed by atoms with Gasteiger partial charge in [-0.3, -0.25) is 9.89 Å². The van der Waals surface area contributed by atoms with Crippen LogP contribution in [0.1, 0.15) is 27.8 Å². The van der Waals surface area contributed by atoms with Crippen molar-refractivity contribution in [3.8, 4) is 11.3 Å². The van der Waals surface area contributed by atoms with E-state index in [9.17, 15) is 9.59 Å². The third-order valence-corrected chi connectivity index (χ3v) is 3.89. The third-order valence-electron chi connectivity index (χ3n) is 3.63. The smallest absolute Gasteiger partial charge is 0.340 e. The predicted octanol–water partition coefficient (Wildman–Crippen LogP) is 4.16. The first-order chi connectivity index (χ1) is 12.6. The van der Waals surface area contributed by atoms with Gasteiger partial charge in [-0.15, -0.1) is 0 Å². The van der Waals surface area contributed by atoms with E-state index < -0.39 is 11.9 Å². The summed E-state index contributed by atoms with van der Waals surface area (Å²) in [6.45, 7) is 1.98. The van der Waals surface area contributed by atoms with E-state index >= 15 is 0 Å². The molecule has 0 aliphatic heterocycles. The van der Waals surface area contributed by atoms with Crippen LogP contribution in [0.4, 0.5) is 5.69 Å². The zero-order chi connectivity index (χ0) is 18.5. The summed E-state index contributed by atoms with van der Waals surface area (Å²) in [5.74, 6) is -0.899. The first-order valence-corrected chi connectivity index (χ1v) is 8.35. The minimum Gasteiger partial charge on any atom is -0.462 e. The average Bonchev–Trinajstić information content (AvgIpc) is 3.13.